The Kier molecular flexibility index (Phi) is 7.36. The van der Waals surface area contributed by atoms with Gasteiger partial charge in [-0.05, 0) is 68.8 Å². The van der Waals surface area contributed by atoms with Crippen molar-refractivity contribution in [2.24, 2.45) is 11.3 Å². The van der Waals surface area contributed by atoms with Crippen LogP contribution in [0.5, 0.6) is 0 Å². The smallest absolute Gasteiger partial charge is 0.377 e. The molecule has 0 unspecified atom stereocenters. The zero-order chi connectivity index (χ0) is 20.9. The molecule has 6 heteroatoms. The highest BCUT2D eigenvalue weighted by atomic mass is 35.5. The van der Waals surface area contributed by atoms with Crippen LogP contribution in [0.3, 0.4) is 0 Å². The first kappa shape index (κ1) is 21.8. The number of aliphatic carboxylic acids is 1. The molecule has 0 bridgehead atoms. The summed E-state index contributed by atoms with van der Waals surface area (Å²) >= 11 is 5.99. The van der Waals surface area contributed by atoms with Crippen LogP contribution in [0.25, 0.3) is 0 Å². The van der Waals surface area contributed by atoms with E-state index in [1.54, 1.807) is 12.1 Å². The molecule has 2 aliphatic rings. The predicted molar refractivity (Wildman–Crippen MR) is 113 cm³/mol. The van der Waals surface area contributed by atoms with E-state index in [0.717, 1.165) is 37.4 Å². The zero-order valence-corrected chi connectivity index (χ0v) is 17.5. The molecule has 3 rings (SSSR count). The first-order chi connectivity index (χ1) is 13.9. The topological polar surface area (TPSA) is 77.8 Å². The second-order valence-corrected chi connectivity index (χ2v) is 9.00. The largest absolute Gasteiger partial charge is 0.515 e. The molecule has 1 aromatic rings. The molecule has 2 fully saturated rings. The van der Waals surface area contributed by atoms with Crippen LogP contribution in [0.1, 0.15) is 50.5 Å². The van der Waals surface area contributed by atoms with Gasteiger partial charge in [0, 0.05) is 22.6 Å². The van der Waals surface area contributed by atoms with Crippen molar-refractivity contribution in [2.45, 2.75) is 51.4 Å². The Hall–Kier alpha value is -1.85. The molecule has 1 aliphatic heterocycles. The number of carboxylic acid groups (broad SMARTS) is 1. The van der Waals surface area contributed by atoms with E-state index in [4.69, 9.17) is 11.6 Å². The van der Waals surface area contributed by atoms with Crippen LogP contribution in [0, 0.1) is 11.3 Å². The van der Waals surface area contributed by atoms with E-state index in [9.17, 15) is 19.8 Å². The van der Waals surface area contributed by atoms with Crippen molar-refractivity contribution in [3.8, 4) is 0 Å². The van der Waals surface area contributed by atoms with Crippen molar-refractivity contribution in [1.82, 2.24) is 4.90 Å². The third kappa shape index (κ3) is 5.40. The first-order valence-electron chi connectivity index (χ1n) is 10.5. The van der Waals surface area contributed by atoms with Crippen molar-refractivity contribution < 1.29 is 19.8 Å². The number of piperidine rings is 1. The standard InChI is InChI=1S/C23H30ClNO4/c24-19-8-6-17(7-9-19)14-23(20(16-26)21(27)22(28)29)10-12-25(13-11-23)15-18-4-2-1-3-5-18/h6-9,16,18,26H,1-5,10-15H2,(H,28,29)/b20-16+. The van der Waals surface area contributed by atoms with Crippen molar-refractivity contribution in [3.05, 3.63) is 46.7 Å². The molecule has 1 saturated carbocycles. The Morgan fingerprint density at radius 1 is 1.10 bits per heavy atom. The minimum Gasteiger partial charge on any atom is -0.515 e. The maximum absolute atomic E-state index is 12.4. The number of rotatable bonds is 7. The minimum absolute atomic E-state index is 0.0114. The van der Waals surface area contributed by atoms with Gasteiger partial charge in [0.25, 0.3) is 5.78 Å². The first-order valence-corrected chi connectivity index (χ1v) is 10.9. The number of carbonyl (C=O) groups is 2. The maximum atomic E-state index is 12.4. The number of halogens is 1. The van der Waals surface area contributed by atoms with E-state index >= 15 is 0 Å². The van der Waals surface area contributed by atoms with Crippen LogP contribution in [0.15, 0.2) is 36.1 Å². The molecule has 5 nitrogen and oxygen atoms in total. The molecule has 1 heterocycles. The molecule has 2 N–H and O–H groups in total. The monoisotopic (exact) mass is 419 g/mol. The second kappa shape index (κ2) is 9.77. The number of aliphatic hydroxyl groups is 1. The molecule has 0 atom stereocenters. The fourth-order valence-corrected chi connectivity index (χ4v) is 5.11. The molecular weight excluding hydrogens is 390 g/mol. The lowest BCUT2D eigenvalue weighted by molar-refractivity contribution is -0.148. The molecule has 29 heavy (non-hydrogen) atoms. The number of ketones is 1. The summed E-state index contributed by atoms with van der Waals surface area (Å²) in [4.78, 5) is 26.2. The van der Waals surface area contributed by atoms with E-state index in [2.05, 4.69) is 4.90 Å². The zero-order valence-electron chi connectivity index (χ0n) is 16.8. The van der Waals surface area contributed by atoms with E-state index in [-0.39, 0.29) is 5.57 Å². The molecule has 1 saturated heterocycles. The lowest BCUT2D eigenvalue weighted by Gasteiger charge is -2.43. The number of aliphatic hydroxyl groups excluding tert-OH is 1. The summed E-state index contributed by atoms with van der Waals surface area (Å²) < 4.78 is 0. The lowest BCUT2D eigenvalue weighted by Crippen LogP contribution is -2.46. The summed E-state index contributed by atoms with van der Waals surface area (Å²) in [5.41, 5.74) is 0.311. The summed E-state index contributed by atoms with van der Waals surface area (Å²) in [6.07, 6.45) is 9.05. The van der Waals surface area contributed by atoms with E-state index in [1.165, 1.54) is 32.1 Å². The van der Waals surface area contributed by atoms with Crippen molar-refractivity contribution >= 4 is 23.4 Å². The van der Waals surface area contributed by atoms with Gasteiger partial charge in [-0.2, -0.15) is 0 Å². The number of hydrogen-bond acceptors (Lipinski definition) is 4. The van der Waals surface area contributed by atoms with E-state index in [1.807, 2.05) is 12.1 Å². The van der Waals surface area contributed by atoms with Gasteiger partial charge in [-0.3, -0.25) is 4.79 Å². The Morgan fingerprint density at radius 3 is 2.28 bits per heavy atom. The molecule has 0 spiro atoms. The summed E-state index contributed by atoms with van der Waals surface area (Å²) in [7, 11) is 0. The quantitative estimate of drug-likeness (QED) is 0.382. The Morgan fingerprint density at radius 2 is 1.72 bits per heavy atom. The highest BCUT2D eigenvalue weighted by Crippen LogP contribution is 2.43. The number of hydrogen-bond donors (Lipinski definition) is 2. The molecule has 0 amide bonds. The van der Waals surface area contributed by atoms with Gasteiger partial charge >= 0.3 is 5.97 Å². The predicted octanol–water partition coefficient (Wildman–Crippen LogP) is 4.64. The van der Waals surface area contributed by atoms with Crippen LogP contribution >= 0.6 is 11.6 Å². The van der Waals surface area contributed by atoms with Gasteiger partial charge < -0.3 is 15.1 Å². The summed E-state index contributed by atoms with van der Waals surface area (Å²) in [5.74, 6) is -1.80. The van der Waals surface area contributed by atoms with Gasteiger partial charge in [0.2, 0.25) is 0 Å². The molecule has 0 aromatic heterocycles. The van der Waals surface area contributed by atoms with Gasteiger partial charge in [0.15, 0.2) is 0 Å². The molecular formula is C23H30ClNO4. The Labute approximate surface area is 177 Å². The number of benzene rings is 1. The molecule has 0 radical (unpaired) electrons. The van der Waals surface area contributed by atoms with Crippen molar-refractivity contribution in [1.29, 1.82) is 0 Å². The summed E-state index contributed by atoms with van der Waals surface area (Å²) in [6, 6.07) is 7.39. The third-order valence-corrected chi connectivity index (χ3v) is 6.90. The normalized spacial score (nSPS) is 21.1. The van der Waals surface area contributed by atoms with Crippen molar-refractivity contribution in [3.63, 3.8) is 0 Å². The van der Waals surface area contributed by atoms with Crippen LogP contribution in [-0.2, 0) is 16.0 Å². The van der Waals surface area contributed by atoms with Crippen molar-refractivity contribution in [2.75, 3.05) is 19.6 Å². The molecule has 158 valence electrons. The number of likely N-dealkylation sites (tertiary alicyclic amines) is 1. The highest BCUT2D eigenvalue weighted by Gasteiger charge is 2.43. The lowest BCUT2D eigenvalue weighted by atomic mass is 9.67. The molecule has 1 aliphatic carbocycles. The van der Waals surface area contributed by atoms with E-state index in [0.29, 0.717) is 24.3 Å². The van der Waals surface area contributed by atoms with Gasteiger partial charge in [0.05, 0.1) is 6.26 Å². The highest BCUT2D eigenvalue weighted by molar-refractivity contribution is 6.40. The fourth-order valence-electron chi connectivity index (χ4n) is 4.98. The fraction of sp³-hybridized carbons (Fsp3) is 0.565. The SMILES string of the molecule is O=C(O)C(=O)/C(=C\O)C1(Cc2ccc(Cl)cc2)CCN(CC2CCCCC2)CC1. The number of carboxylic acids is 1. The average Bonchev–Trinajstić information content (AvgIpc) is 2.72. The van der Waals surface area contributed by atoms with Gasteiger partial charge in [-0.1, -0.05) is 43.0 Å². The minimum atomic E-state index is -1.52. The summed E-state index contributed by atoms with van der Waals surface area (Å²) in [5, 5.41) is 19.7. The Bertz CT molecular complexity index is 745. The summed E-state index contributed by atoms with van der Waals surface area (Å²) in [6.45, 7) is 2.67. The van der Waals surface area contributed by atoms with Crippen LogP contribution in [0.2, 0.25) is 5.02 Å². The third-order valence-electron chi connectivity index (χ3n) is 6.65. The number of Topliss-reactive ketones (excluding diaryl/α,β-unsaturated/α-hetero) is 1. The van der Waals surface area contributed by atoms with Crippen LogP contribution in [-0.4, -0.2) is 46.5 Å². The van der Waals surface area contributed by atoms with Crippen LogP contribution < -0.4 is 0 Å². The van der Waals surface area contributed by atoms with Gasteiger partial charge in [-0.25, -0.2) is 4.79 Å². The van der Waals surface area contributed by atoms with Gasteiger partial charge in [0.1, 0.15) is 0 Å². The average molecular weight is 420 g/mol. The maximum Gasteiger partial charge on any atom is 0.377 e. The molecule has 1 aromatic carbocycles. The Balaban J connectivity index is 1.77. The van der Waals surface area contributed by atoms with E-state index < -0.39 is 17.2 Å². The number of nitrogens with zero attached hydrogens (tertiary/aromatic N) is 1. The number of carbonyl (C=O) groups excluding carboxylic acids is 1. The second-order valence-electron chi connectivity index (χ2n) is 8.57. The van der Waals surface area contributed by atoms with Gasteiger partial charge in [-0.15, -0.1) is 0 Å². The van der Waals surface area contributed by atoms with Crippen LogP contribution in [0.4, 0.5) is 0 Å².